The Morgan fingerprint density at radius 3 is 2.24 bits per heavy atom. The van der Waals surface area contributed by atoms with Crippen LogP contribution < -0.4 is 5.32 Å². The first-order valence-corrected chi connectivity index (χ1v) is 10.4. The molecule has 1 saturated heterocycles. The number of hydrogen-bond donors (Lipinski definition) is 2. The van der Waals surface area contributed by atoms with Gasteiger partial charge < -0.3 is 15.0 Å². The fourth-order valence-electron chi connectivity index (χ4n) is 4.73. The van der Waals surface area contributed by atoms with E-state index < -0.39 is 6.10 Å². The van der Waals surface area contributed by atoms with E-state index in [2.05, 4.69) is 87.6 Å². The van der Waals surface area contributed by atoms with Crippen LogP contribution in [0.25, 0.3) is 32.9 Å². The van der Waals surface area contributed by atoms with E-state index in [0.717, 1.165) is 26.2 Å². The summed E-state index contributed by atoms with van der Waals surface area (Å²) in [5.74, 6) is 0. The molecule has 0 radical (unpaired) electrons. The standard InChI is InChI=1S/C25H27N3O/c1-18(29)25(27-15-13-26-14-16-27)28-23-10-6-5-9-21(23)22-17-20(11-12-24(22)28)19-7-3-2-4-8-19/h2-12,17-18,25-26,29H,13-16H2,1H3. The summed E-state index contributed by atoms with van der Waals surface area (Å²) < 4.78 is 2.34. The number of para-hydroxylation sites is 1. The molecule has 5 rings (SSSR count). The minimum Gasteiger partial charge on any atom is -0.390 e. The molecule has 1 aromatic heterocycles. The van der Waals surface area contributed by atoms with Gasteiger partial charge in [-0.3, -0.25) is 4.90 Å². The van der Waals surface area contributed by atoms with E-state index in [1.165, 1.54) is 32.9 Å². The van der Waals surface area contributed by atoms with Gasteiger partial charge in [-0.25, -0.2) is 0 Å². The van der Waals surface area contributed by atoms with E-state index in [1.807, 2.05) is 6.92 Å². The Morgan fingerprint density at radius 2 is 1.48 bits per heavy atom. The molecule has 0 amide bonds. The highest BCUT2D eigenvalue weighted by Crippen LogP contribution is 2.36. The maximum absolute atomic E-state index is 10.8. The monoisotopic (exact) mass is 385 g/mol. The molecule has 1 aliphatic rings. The van der Waals surface area contributed by atoms with Crippen LogP contribution in [0.15, 0.2) is 72.8 Å². The molecule has 1 aliphatic heterocycles. The summed E-state index contributed by atoms with van der Waals surface area (Å²) in [4.78, 5) is 2.40. The molecule has 3 aromatic carbocycles. The number of rotatable bonds is 4. The van der Waals surface area contributed by atoms with Crippen LogP contribution in [-0.2, 0) is 0 Å². The second-order valence-corrected chi connectivity index (χ2v) is 7.93. The van der Waals surface area contributed by atoms with Crippen molar-refractivity contribution in [2.75, 3.05) is 26.2 Å². The van der Waals surface area contributed by atoms with Gasteiger partial charge in [-0.05, 0) is 36.2 Å². The molecule has 4 aromatic rings. The molecule has 1 fully saturated rings. The van der Waals surface area contributed by atoms with Crippen LogP contribution in [-0.4, -0.2) is 46.9 Å². The van der Waals surface area contributed by atoms with Crippen LogP contribution in [0.1, 0.15) is 13.1 Å². The fraction of sp³-hybridized carbons (Fsp3) is 0.280. The molecule has 2 N–H and O–H groups in total. The van der Waals surface area contributed by atoms with Crippen molar-refractivity contribution in [1.29, 1.82) is 0 Å². The number of fused-ring (bicyclic) bond motifs is 3. The highest BCUT2D eigenvalue weighted by Gasteiger charge is 2.29. The third-order valence-corrected chi connectivity index (χ3v) is 6.04. The van der Waals surface area contributed by atoms with Gasteiger partial charge in [0, 0.05) is 37.0 Å². The summed E-state index contributed by atoms with van der Waals surface area (Å²) in [7, 11) is 0. The molecule has 2 atom stereocenters. The Labute approximate surface area is 171 Å². The van der Waals surface area contributed by atoms with Gasteiger partial charge in [-0.2, -0.15) is 0 Å². The highest BCUT2D eigenvalue weighted by atomic mass is 16.3. The van der Waals surface area contributed by atoms with Crippen LogP contribution in [0.5, 0.6) is 0 Å². The first-order chi connectivity index (χ1) is 14.2. The average molecular weight is 386 g/mol. The molecule has 4 nitrogen and oxygen atoms in total. The molecule has 0 saturated carbocycles. The van der Waals surface area contributed by atoms with Crippen molar-refractivity contribution in [3.63, 3.8) is 0 Å². The van der Waals surface area contributed by atoms with Gasteiger partial charge in [-0.15, -0.1) is 0 Å². The van der Waals surface area contributed by atoms with E-state index in [-0.39, 0.29) is 6.17 Å². The van der Waals surface area contributed by atoms with E-state index >= 15 is 0 Å². The molecule has 0 aliphatic carbocycles. The van der Waals surface area contributed by atoms with E-state index in [1.54, 1.807) is 0 Å². The van der Waals surface area contributed by atoms with Crippen LogP contribution in [0.3, 0.4) is 0 Å². The van der Waals surface area contributed by atoms with Gasteiger partial charge in [0.2, 0.25) is 0 Å². The SMILES string of the molecule is CC(O)C(N1CCNCC1)n1c2ccccc2c2cc(-c3ccccc3)ccc21. The lowest BCUT2D eigenvalue weighted by atomic mass is 10.0. The van der Waals surface area contributed by atoms with Crippen molar-refractivity contribution in [3.05, 3.63) is 72.8 Å². The molecule has 2 unspecified atom stereocenters. The summed E-state index contributed by atoms with van der Waals surface area (Å²) in [6, 6.07) is 25.8. The van der Waals surface area contributed by atoms with E-state index in [9.17, 15) is 5.11 Å². The Morgan fingerprint density at radius 1 is 0.793 bits per heavy atom. The third-order valence-electron chi connectivity index (χ3n) is 6.04. The molecule has 2 heterocycles. The van der Waals surface area contributed by atoms with Crippen molar-refractivity contribution in [1.82, 2.24) is 14.8 Å². The zero-order valence-corrected chi connectivity index (χ0v) is 16.8. The number of hydrogen-bond acceptors (Lipinski definition) is 3. The maximum atomic E-state index is 10.8. The number of aromatic nitrogens is 1. The number of nitrogens with zero attached hydrogens (tertiary/aromatic N) is 2. The summed E-state index contributed by atoms with van der Waals surface area (Å²) in [5.41, 5.74) is 4.80. The fourth-order valence-corrected chi connectivity index (χ4v) is 4.73. The average Bonchev–Trinajstić information content (AvgIpc) is 3.09. The van der Waals surface area contributed by atoms with E-state index in [4.69, 9.17) is 0 Å². The summed E-state index contributed by atoms with van der Waals surface area (Å²) >= 11 is 0. The first-order valence-electron chi connectivity index (χ1n) is 10.4. The quantitative estimate of drug-likeness (QED) is 0.552. The molecular weight excluding hydrogens is 358 g/mol. The van der Waals surface area contributed by atoms with Crippen LogP contribution >= 0.6 is 0 Å². The van der Waals surface area contributed by atoms with Crippen molar-refractivity contribution in [2.45, 2.75) is 19.2 Å². The van der Waals surface area contributed by atoms with Crippen molar-refractivity contribution < 1.29 is 5.11 Å². The third kappa shape index (κ3) is 3.23. The number of aliphatic hydroxyl groups is 1. The lowest BCUT2D eigenvalue weighted by Gasteiger charge is -2.38. The molecule has 29 heavy (non-hydrogen) atoms. The van der Waals surface area contributed by atoms with Crippen molar-refractivity contribution in [3.8, 4) is 11.1 Å². The minimum absolute atomic E-state index is 0.0814. The molecule has 148 valence electrons. The Balaban J connectivity index is 1.73. The molecule has 4 heteroatoms. The van der Waals surface area contributed by atoms with Gasteiger partial charge >= 0.3 is 0 Å². The lowest BCUT2D eigenvalue weighted by Crippen LogP contribution is -2.49. The number of benzene rings is 3. The maximum Gasteiger partial charge on any atom is 0.113 e. The Bertz CT molecular complexity index is 1130. The predicted molar refractivity (Wildman–Crippen MR) is 120 cm³/mol. The van der Waals surface area contributed by atoms with Gasteiger partial charge in [0.05, 0.1) is 17.1 Å². The van der Waals surface area contributed by atoms with Gasteiger partial charge in [0.15, 0.2) is 0 Å². The first kappa shape index (κ1) is 18.4. The topological polar surface area (TPSA) is 40.4 Å². The van der Waals surface area contributed by atoms with Crippen LogP contribution in [0.4, 0.5) is 0 Å². The van der Waals surface area contributed by atoms with Gasteiger partial charge in [0.25, 0.3) is 0 Å². The van der Waals surface area contributed by atoms with E-state index in [0.29, 0.717) is 0 Å². The Hall–Kier alpha value is -2.66. The predicted octanol–water partition coefficient (Wildman–Crippen LogP) is 4.25. The zero-order valence-electron chi connectivity index (χ0n) is 16.8. The minimum atomic E-state index is -0.471. The molecular formula is C25H27N3O. The van der Waals surface area contributed by atoms with Crippen LogP contribution in [0, 0.1) is 0 Å². The normalized spacial score (nSPS) is 17.6. The van der Waals surface area contributed by atoms with Gasteiger partial charge in [-0.1, -0.05) is 54.6 Å². The lowest BCUT2D eigenvalue weighted by molar-refractivity contribution is 0.0160. The molecule has 0 bridgehead atoms. The van der Waals surface area contributed by atoms with Crippen molar-refractivity contribution in [2.24, 2.45) is 0 Å². The van der Waals surface area contributed by atoms with Crippen LogP contribution in [0.2, 0.25) is 0 Å². The Kier molecular flexibility index (Phi) is 4.84. The number of piperazine rings is 1. The van der Waals surface area contributed by atoms with Crippen molar-refractivity contribution >= 4 is 21.8 Å². The number of nitrogens with one attached hydrogen (secondary N) is 1. The summed E-state index contributed by atoms with van der Waals surface area (Å²) in [6.45, 7) is 5.69. The zero-order chi connectivity index (χ0) is 19.8. The molecule has 0 spiro atoms. The summed E-state index contributed by atoms with van der Waals surface area (Å²) in [6.07, 6.45) is -0.553. The highest BCUT2D eigenvalue weighted by molar-refractivity contribution is 6.09. The second-order valence-electron chi connectivity index (χ2n) is 7.93. The smallest absolute Gasteiger partial charge is 0.113 e. The second kappa shape index (κ2) is 7.64. The van der Waals surface area contributed by atoms with Gasteiger partial charge in [0.1, 0.15) is 6.17 Å². The largest absolute Gasteiger partial charge is 0.390 e. The summed E-state index contributed by atoms with van der Waals surface area (Å²) in [5, 5.41) is 16.7. The number of aliphatic hydroxyl groups excluding tert-OH is 1.